The summed E-state index contributed by atoms with van der Waals surface area (Å²) in [6, 6.07) is 14.7. The minimum atomic E-state index is -0.926. The van der Waals surface area contributed by atoms with Crippen molar-refractivity contribution in [3.05, 3.63) is 60.4 Å². The van der Waals surface area contributed by atoms with Crippen molar-refractivity contribution in [3.63, 3.8) is 0 Å². The first-order valence-electron chi connectivity index (χ1n) is 6.68. The third-order valence-electron chi connectivity index (χ3n) is 2.73. The normalized spacial score (nSPS) is 9.86. The third-order valence-corrected chi connectivity index (χ3v) is 2.73. The zero-order valence-corrected chi connectivity index (χ0v) is 11.7. The molecule has 22 heavy (non-hydrogen) atoms. The van der Waals surface area contributed by atoms with Crippen molar-refractivity contribution in [2.24, 2.45) is 0 Å². The van der Waals surface area contributed by atoms with Crippen molar-refractivity contribution >= 4 is 17.5 Å². The van der Waals surface area contributed by atoms with Crippen LogP contribution in [0, 0.1) is 5.82 Å². The maximum atomic E-state index is 13.3. The number of halogens is 1. The van der Waals surface area contributed by atoms with Crippen molar-refractivity contribution in [2.75, 3.05) is 18.5 Å². The van der Waals surface area contributed by atoms with Gasteiger partial charge in [0.25, 0.3) is 0 Å². The lowest BCUT2D eigenvalue weighted by Crippen LogP contribution is -2.37. The predicted octanol–water partition coefficient (Wildman–Crippen LogP) is 1.96. The second-order valence-electron chi connectivity index (χ2n) is 4.35. The summed E-state index contributed by atoms with van der Waals surface area (Å²) in [5.74, 6) is -1.70. The molecule has 5 nitrogen and oxygen atoms in total. The van der Waals surface area contributed by atoms with E-state index in [0.717, 1.165) is 0 Å². The molecule has 2 amide bonds. The fraction of sp³-hybridized carbons (Fsp3) is 0.125. The molecule has 2 rings (SSSR count). The Morgan fingerprint density at radius 1 is 0.955 bits per heavy atom. The summed E-state index contributed by atoms with van der Waals surface area (Å²) in [5, 5.41) is 4.60. The van der Waals surface area contributed by atoms with Crippen LogP contribution in [0.5, 0.6) is 5.75 Å². The Hall–Kier alpha value is -2.89. The van der Waals surface area contributed by atoms with Gasteiger partial charge in [0.1, 0.15) is 18.2 Å². The van der Waals surface area contributed by atoms with Gasteiger partial charge in [-0.05, 0) is 24.3 Å². The van der Waals surface area contributed by atoms with E-state index < -0.39 is 17.6 Å². The maximum absolute atomic E-state index is 13.3. The molecule has 6 heteroatoms. The number of amides is 2. The Labute approximate surface area is 127 Å². The molecule has 0 aliphatic rings. The van der Waals surface area contributed by atoms with Crippen LogP contribution in [0.25, 0.3) is 0 Å². The molecular formula is C16H15FN2O3. The van der Waals surface area contributed by atoms with Gasteiger partial charge in [0.05, 0.1) is 12.2 Å². The van der Waals surface area contributed by atoms with Crippen LogP contribution in [0.4, 0.5) is 10.1 Å². The van der Waals surface area contributed by atoms with Crippen LogP contribution in [-0.4, -0.2) is 25.0 Å². The zero-order chi connectivity index (χ0) is 15.8. The molecule has 0 bridgehead atoms. The van der Waals surface area contributed by atoms with Gasteiger partial charge < -0.3 is 15.4 Å². The number of carbonyl (C=O) groups excluding carboxylic acids is 2. The molecule has 0 saturated heterocycles. The highest BCUT2D eigenvalue weighted by atomic mass is 19.1. The van der Waals surface area contributed by atoms with Crippen LogP contribution in [0.1, 0.15) is 0 Å². The monoisotopic (exact) mass is 302 g/mol. The molecule has 2 aromatic rings. The Balaban J connectivity index is 1.73. The number of hydrogen-bond acceptors (Lipinski definition) is 3. The van der Waals surface area contributed by atoms with Gasteiger partial charge >= 0.3 is 11.8 Å². The molecule has 0 aliphatic carbocycles. The zero-order valence-electron chi connectivity index (χ0n) is 11.7. The van der Waals surface area contributed by atoms with E-state index in [4.69, 9.17) is 4.74 Å². The van der Waals surface area contributed by atoms with Gasteiger partial charge in [-0.2, -0.15) is 0 Å². The Morgan fingerprint density at radius 3 is 2.36 bits per heavy atom. The topological polar surface area (TPSA) is 67.4 Å². The van der Waals surface area contributed by atoms with E-state index in [1.165, 1.54) is 18.2 Å². The predicted molar refractivity (Wildman–Crippen MR) is 80.0 cm³/mol. The summed E-state index contributed by atoms with van der Waals surface area (Å²) in [6.07, 6.45) is 0. The van der Waals surface area contributed by atoms with E-state index >= 15 is 0 Å². The third kappa shape index (κ3) is 4.59. The molecule has 0 aromatic heterocycles. The van der Waals surface area contributed by atoms with Crippen molar-refractivity contribution in [1.29, 1.82) is 0 Å². The first-order chi connectivity index (χ1) is 10.7. The minimum absolute atomic E-state index is 0.0387. The minimum Gasteiger partial charge on any atom is -0.492 e. The summed E-state index contributed by atoms with van der Waals surface area (Å²) >= 11 is 0. The molecule has 0 heterocycles. The summed E-state index contributed by atoms with van der Waals surface area (Å²) in [6.45, 7) is 0.390. The van der Waals surface area contributed by atoms with Crippen LogP contribution < -0.4 is 15.4 Å². The highest BCUT2D eigenvalue weighted by Gasteiger charge is 2.14. The molecule has 114 valence electrons. The van der Waals surface area contributed by atoms with Crippen molar-refractivity contribution in [3.8, 4) is 5.75 Å². The summed E-state index contributed by atoms with van der Waals surface area (Å²) in [5.41, 5.74) is -0.0387. The lowest BCUT2D eigenvalue weighted by Gasteiger charge is -2.08. The second-order valence-corrected chi connectivity index (χ2v) is 4.35. The summed E-state index contributed by atoms with van der Waals surface area (Å²) < 4.78 is 18.7. The van der Waals surface area contributed by atoms with Gasteiger partial charge in [-0.25, -0.2) is 4.39 Å². The van der Waals surface area contributed by atoms with E-state index in [1.807, 2.05) is 18.2 Å². The molecule has 0 unspecified atom stereocenters. The average Bonchev–Trinajstić information content (AvgIpc) is 2.54. The van der Waals surface area contributed by atoms with Gasteiger partial charge in [0, 0.05) is 0 Å². The van der Waals surface area contributed by atoms with Crippen LogP contribution in [-0.2, 0) is 9.59 Å². The highest BCUT2D eigenvalue weighted by Crippen LogP contribution is 2.11. The van der Waals surface area contributed by atoms with E-state index in [9.17, 15) is 14.0 Å². The number of nitrogens with one attached hydrogen (secondary N) is 2. The number of ether oxygens (including phenoxy) is 1. The number of rotatable bonds is 5. The van der Waals surface area contributed by atoms with Gasteiger partial charge in [0.15, 0.2) is 0 Å². The van der Waals surface area contributed by atoms with Gasteiger partial charge in [-0.15, -0.1) is 0 Å². The maximum Gasteiger partial charge on any atom is 0.313 e. The van der Waals surface area contributed by atoms with Crippen LogP contribution in [0.3, 0.4) is 0 Å². The van der Waals surface area contributed by atoms with Crippen LogP contribution in [0.15, 0.2) is 54.6 Å². The molecule has 0 spiro atoms. The molecule has 0 atom stereocenters. The lowest BCUT2D eigenvalue weighted by atomic mass is 10.3. The standard InChI is InChI=1S/C16H15FN2O3/c17-13-8-4-5-9-14(13)19-16(21)15(20)18-10-11-22-12-6-2-1-3-7-12/h1-9H,10-11H2,(H,18,20)(H,19,21). The molecule has 0 aliphatic heterocycles. The fourth-order valence-electron chi connectivity index (χ4n) is 1.67. The quantitative estimate of drug-likeness (QED) is 0.655. The summed E-state index contributed by atoms with van der Waals surface area (Å²) in [7, 11) is 0. The number of anilines is 1. The van der Waals surface area contributed by atoms with E-state index in [2.05, 4.69) is 10.6 Å². The molecule has 2 aromatic carbocycles. The van der Waals surface area contributed by atoms with Crippen LogP contribution >= 0.6 is 0 Å². The first kappa shape index (κ1) is 15.5. The van der Waals surface area contributed by atoms with Gasteiger partial charge in [-0.3, -0.25) is 9.59 Å². The Morgan fingerprint density at radius 2 is 1.64 bits per heavy atom. The smallest absolute Gasteiger partial charge is 0.313 e. The molecule has 0 saturated carbocycles. The molecule has 0 fully saturated rings. The average molecular weight is 302 g/mol. The number of carbonyl (C=O) groups is 2. The Bertz CT molecular complexity index is 647. The van der Waals surface area contributed by atoms with Crippen molar-refractivity contribution in [2.45, 2.75) is 0 Å². The van der Waals surface area contributed by atoms with Crippen molar-refractivity contribution < 1.29 is 18.7 Å². The fourth-order valence-corrected chi connectivity index (χ4v) is 1.67. The van der Waals surface area contributed by atoms with Gasteiger partial charge in [0.2, 0.25) is 0 Å². The summed E-state index contributed by atoms with van der Waals surface area (Å²) in [4.78, 5) is 23.2. The van der Waals surface area contributed by atoms with Crippen LogP contribution in [0.2, 0.25) is 0 Å². The SMILES string of the molecule is O=C(NCCOc1ccccc1)C(=O)Nc1ccccc1F. The number of para-hydroxylation sites is 2. The lowest BCUT2D eigenvalue weighted by molar-refractivity contribution is -0.136. The first-order valence-corrected chi connectivity index (χ1v) is 6.68. The van der Waals surface area contributed by atoms with E-state index in [0.29, 0.717) is 5.75 Å². The largest absolute Gasteiger partial charge is 0.492 e. The number of benzene rings is 2. The molecular weight excluding hydrogens is 287 g/mol. The second kappa shape index (κ2) is 7.78. The molecule has 0 radical (unpaired) electrons. The van der Waals surface area contributed by atoms with Gasteiger partial charge in [-0.1, -0.05) is 30.3 Å². The molecule has 2 N–H and O–H groups in total. The van der Waals surface area contributed by atoms with E-state index in [1.54, 1.807) is 18.2 Å². The van der Waals surface area contributed by atoms with E-state index in [-0.39, 0.29) is 18.8 Å². The Kier molecular flexibility index (Phi) is 5.48. The van der Waals surface area contributed by atoms with Crippen molar-refractivity contribution in [1.82, 2.24) is 5.32 Å². The number of hydrogen-bond donors (Lipinski definition) is 2. The highest BCUT2D eigenvalue weighted by molar-refractivity contribution is 6.39.